The molecule has 2 heteroatoms. The van der Waals surface area contributed by atoms with Crippen molar-refractivity contribution < 1.29 is 0 Å². The minimum atomic E-state index is -1.76. The highest BCUT2D eigenvalue weighted by Crippen LogP contribution is 2.54. The van der Waals surface area contributed by atoms with Crippen molar-refractivity contribution in [2.24, 2.45) is 0 Å². The van der Waals surface area contributed by atoms with E-state index in [1.54, 1.807) is 0 Å². The highest BCUT2D eigenvalue weighted by molar-refractivity contribution is 7.95. The number of hydrogen-bond acceptors (Lipinski definition) is 1. The lowest BCUT2D eigenvalue weighted by atomic mass is 10.1. The number of nitrogens with one attached hydrogen (secondary N) is 1. The average Bonchev–Trinajstić information content (AvgIpc) is 2.84. The molecule has 0 saturated heterocycles. The van der Waals surface area contributed by atoms with Crippen LogP contribution in [0.15, 0.2) is 121 Å². The molecule has 1 nitrogen and oxygen atoms in total. The first-order valence-electron chi connectivity index (χ1n) is 10.6. The molecule has 0 unspecified atom stereocenters. The summed E-state index contributed by atoms with van der Waals surface area (Å²) in [4.78, 5) is 0. The fourth-order valence-electron chi connectivity index (χ4n) is 4.19. The van der Waals surface area contributed by atoms with Gasteiger partial charge in [-0.3, -0.25) is 0 Å². The van der Waals surface area contributed by atoms with Crippen LogP contribution in [-0.4, -0.2) is 12.7 Å². The Bertz CT molecular complexity index is 921. The molecule has 1 N–H and O–H groups in total. The molecule has 0 fully saturated rings. The van der Waals surface area contributed by atoms with Crippen LogP contribution in [0.25, 0.3) is 0 Å². The second kappa shape index (κ2) is 9.85. The molecule has 0 aliphatic rings. The molecule has 4 rings (SSSR count). The van der Waals surface area contributed by atoms with E-state index in [9.17, 15) is 0 Å². The third kappa shape index (κ3) is 4.38. The van der Waals surface area contributed by atoms with Crippen molar-refractivity contribution >= 4 is 23.2 Å². The molecule has 1 atom stereocenters. The number of hydrogen-bond donors (Lipinski definition) is 1. The molecular weight excluding hydrogens is 381 g/mol. The van der Waals surface area contributed by atoms with E-state index >= 15 is 0 Å². The molecule has 0 aromatic heterocycles. The maximum atomic E-state index is 3.79. The van der Waals surface area contributed by atoms with Crippen molar-refractivity contribution in [1.29, 1.82) is 0 Å². The monoisotopic (exact) mass is 410 g/mol. The zero-order chi connectivity index (χ0) is 20.7. The van der Waals surface area contributed by atoms with Gasteiger partial charge in [0, 0.05) is 12.6 Å². The molecule has 0 aliphatic heterocycles. The van der Waals surface area contributed by atoms with Crippen LogP contribution < -0.4 is 21.2 Å². The predicted octanol–water partition coefficient (Wildman–Crippen LogP) is 5.33. The first-order chi connectivity index (χ1) is 14.8. The lowest BCUT2D eigenvalue weighted by Crippen LogP contribution is -2.37. The Labute approximate surface area is 181 Å². The standard InChI is InChI=1S/C28H29NP/c1-24(25-14-6-2-7-15-25)29-22-23-30(26-16-8-3-9-17-26,27-18-10-4-11-19-27)28-20-12-5-13-21-28/h2-21,24,29H,22-23H2,1H3/q+1/t24-/m0/s1. The van der Waals surface area contributed by atoms with Crippen molar-refractivity contribution in [3.8, 4) is 0 Å². The summed E-state index contributed by atoms with van der Waals surface area (Å²) in [6.45, 7) is 3.21. The van der Waals surface area contributed by atoms with Crippen LogP contribution in [0, 0.1) is 0 Å². The molecule has 150 valence electrons. The highest BCUT2D eigenvalue weighted by Gasteiger charge is 2.44. The summed E-state index contributed by atoms with van der Waals surface area (Å²) in [6, 6.07) is 44.3. The van der Waals surface area contributed by atoms with E-state index in [2.05, 4.69) is 134 Å². The Morgan fingerprint density at radius 2 is 0.933 bits per heavy atom. The van der Waals surface area contributed by atoms with Gasteiger partial charge in [-0.2, -0.15) is 0 Å². The molecule has 4 aromatic rings. The first kappa shape index (κ1) is 20.5. The van der Waals surface area contributed by atoms with E-state index in [0.29, 0.717) is 6.04 Å². The lowest BCUT2D eigenvalue weighted by Gasteiger charge is -2.28. The van der Waals surface area contributed by atoms with Crippen LogP contribution in [0.5, 0.6) is 0 Å². The molecule has 0 aliphatic carbocycles. The van der Waals surface area contributed by atoms with Crippen LogP contribution in [0.4, 0.5) is 0 Å². The fourth-order valence-corrected chi connectivity index (χ4v) is 8.37. The quantitative estimate of drug-likeness (QED) is 0.387. The van der Waals surface area contributed by atoms with Gasteiger partial charge in [0.25, 0.3) is 0 Å². The third-order valence-corrected chi connectivity index (χ3v) is 10.2. The first-order valence-corrected chi connectivity index (χ1v) is 12.6. The topological polar surface area (TPSA) is 12.0 Å². The Morgan fingerprint density at radius 3 is 1.33 bits per heavy atom. The molecule has 0 saturated carbocycles. The minimum Gasteiger partial charge on any atom is -0.307 e. The maximum absolute atomic E-state index is 3.79. The van der Waals surface area contributed by atoms with Gasteiger partial charge in [-0.1, -0.05) is 84.9 Å². The second-order valence-corrected chi connectivity index (χ2v) is 11.2. The fraction of sp³-hybridized carbons (Fsp3) is 0.143. The van der Waals surface area contributed by atoms with Crippen molar-refractivity contribution in [2.45, 2.75) is 13.0 Å². The molecule has 0 amide bonds. The maximum Gasteiger partial charge on any atom is 0.113 e. The van der Waals surface area contributed by atoms with Gasteiger partial charge >= 0.3 is 0 Å². The Hall–Kier alpha value is -2.73. The minimum absolute atomic E-state index is 0.329. The van der Waals surface area contributed by atoms with Gasteiger partial charge in [-0.15, -0.1) is 0 Å². The Kier molecular flexibility index (Phi) is 6.74. The molecule has 30 heavy (non-hydrogen) atoms. The lowest BCUT2D eigenvalue weighted by molar-refractivity contribution is 0.600. The Morgan fingerprint density at radius 1 is 0.567 bits per heavy atom. The van der Waals surface area contributed by atoms with Gasteiger partial charge in [0.2, 0.25) is 0 Å². The van der Waals surface area contributed by atoms with E-state index in [4.69, 9.17) is 0 Å². The predicted molar refractivity (Wildman–Crippen MR) is 133 cm³/mol. The molecule has 0 heterocycles. The largest absolute Gasteiger partial charge is 0.307 e. The van der Waals surface area contributed by atoms with E-state index in [0.717, 1.165) is 12.7 Å². The summed E-state index contributed by atoms with van der Waals surface area (Å²) in [6.07, 6.45) is 1.09. The summed E-state index contributed by atoms with van der Waals surface area (Å²) in [5.74, 6) is 0. The van der Waals surface area contributed by atoms with E-state index in [1.807, 2.05) is 0 Å². The van der Waals surface area contributed by atoms with Crippen LogP contribution in [0.2, 0.25) is 0 Å². The number of rotatable bonds is 8. The van der Waals surface area contributed by atoms with Crippen LogP contribution in [0.3, 0.4) is 0 Å². The molecule has 0 bridgehead atoms. The average molecular weight is 411 g/mol. The van der Waals surface area contributed by atoms with Gasteiger partial charge in [-0.25, -0.2) is 0 Å². The van der Waals surface area contributed by atoms with Crippen molar-refractivity contribution in [2.75, 3.05) is 12.7 Å². The van der Waals surface area contributed by atoms with Gasteiger partial charge in [0.05, 0.1) is 6.16 Å². The van der Waals surface area contributed by atoms with Gasteiger partial charge in [0.15, 0.2) is 0 Å². The van der Waals surface area contributed by atoms with Gasteiger partial charge in [-0.05, 0) is 48.9 Å². The Balaban J connectivity index is 1.71. The summed E-state index contributed by atoms with van der Waals surface area (Å²) >= 11 is 0. The SMILES string of the molecule is C[C@H](NCC[P+](c1ccccc1)(c1ccccc1)c1ccccc1)c1ccccc1. The van der Waals surface area contributed by atoms with Crippen molar-refractivity contribution in [1.82, 2.24) is 5.32 Å². The van der Waals surface area contributed by atoms with Crippen LogP contribution in [0.1, 0.15) is 18.5 Å². The normalized spacial score (nSPS) is 12.4. The van der Waals surface area contributed by atoms with Gasteiger partial charge in [0.1, 0.15) is 23.2 Å². The molecule has 0 spiro atoms. The summed E-state index contributed by atoms with van der Waals surface area (Å²) in [5.41, 5.74) is 1.33. The summed E-state index contributed by atoms with van der Waals surface area (Å²) < 4.78 is 0. The van der Waals surface area contributed by atoms with E-state index in [1.165, 1.54) is 21.5 Å². The van der Waals surface area contributed by atoms with Crippen molar-refractivity contribution in [3.63, 3.8) is 0 Å². The summed E-state index contributed by atoms with van der Waals surface area (Å²) in [7, 11) is -1.76. The molecule has 4 aromatic carbocycles. The third-order valence-electron chi connectivity index (χ3n) is 5.79. The smallest absolute Gasteiger partial charge is 0.113 e. The molecular formula is C28H29NP+. The van der Waals surface area contributed by atoms with Gasteiger partial charge < -0.3 is 5.32 Å². The zero-order valence-electron chi connectivity index (χ0n) is 17.5. The van der Waals surface area contributed by atoms with Crippen LogP contribution >= 0.6 is 7.26 Å². The highest BCUT2D eigenvalue weighted by atomic mass is 31.2. The van der Waals surface area contributed by atoms with Crippen LogP contribution in [-0.2, 0) is 0 Å². The summed E-state index contributed by atoms with van der Waals surface area (Å²) in [5, 5.41) is 8.12. The van der Waals surface area contributed by atoms with E-state index in [-0.39, 0.29) is 0 Å². The number of benzene rings is 4. The molecule has 0 radical (unpaired) electrons. The zero-order valence-corrected chi connectivity index (χ0v) is 18.4. The second-order valence-electron chi connectivity index (χ2n) is 7.63. The van der Waals surface area contributed by atoms with Crippen molar-refractivity contribution in [3.05, 3.63) is 127 Å². The van der Waals surface area contributed by atoms with E-state index < -0.39 is 7.26 Å².